The Labute approximate surface area is 198 Å². The summed E-state index contributed by atoms with van der Waals surface area (Å²) in [7, 11) is 0. The van der Waals surface area contributed by atoms with Gasteiger partial charge in [-0.15, -0.1) is 0 Å². The number of ether oxygens (including phenoxy) is 1. The van der Waals surface area contributed by atoms with E-state index in [0.29, 0.717) is 44.6 Å². The van der Waals surface area contributed by atoms with Gasteiger partial charge in [0.1, 0.15) is 17.5 Å². The van der Waals surface area contributed by atoms with Crippen LogP contribution in [0, 0.1) is 11.3 Å². The molecule has 0 bridgehead atoms. The smallest absolute Gasteiger partial charge is 0.380 e. The maximum Gasteiger partial charge on any atom is 0.423 e. The normalized spacial score (nSPS) is 20.5. The van der Waals surface area contributed by atoms with Crippen LogP contribution in [0.2, 0.25) is 0 Å². The molecule has 0 saturated carbocycles. The Balaban J connectivity index is 1.23. The van der Waals surface area contributed by atoms with Crippen LogP contribution in [0.15, 0.2) is 29.3 Å². The standard InChI is InChI=1S/C22H24F3N7O3/c23-22(24,25)20-17(13-29-30-21(20)34)27-12-16-3-2-15(35-16)9-19(33)32-7-5-31(6-8-32)18-4-1-14(10-26)11-28-18/h1,4,11,13,15-16H,2-3,5-9,12H2,(H2,27,30,34)/t15-,16+/m0/s1. The molecule has 0 aliphatic carbocycles. The first-order valence-electron chi connectivity index (χ1n) is 11.2. The molecule has 2 aliphatic rings. The third-order valence-corrected chi connectivity index (χ3v) is 6.09. The van der Waals surface area contributed by atoms with Gasteiger partial charge in [0, 0.05) is 38.9 Å². The van der Waals surface area contributed by atoms with Gasteiger partial charge in [0.25, 0.3) is 5.56 Å². The average Bonchev–Trinajstić information content (AvgIpc) is 3.29. The number of piperazine rings is 1. The van der Waals surface area contributed by atoms with Gasteiger partial charge in [-0.1, -0.05) is 0 Å². The van der Waals surface area contributed by atoms with Crippen molar-refractivity contribution in [3.05, 3.63) is 46.0 Å². The fraction of sp³-hybridized carbons (Fsp3) is 0.500. The first kappa shape index (κ1) is 24.5. The molecule has 2 fully saturated rings. The molecule has 4 heterocycles. The highest BCUT2D eigenvalue weighted by Crippen LogP contribution is 2.32. The van der Waals surface area contributed by atoms with Crippen molar-refractivity contribution >= 4 is 17.4 Å². The molecule has 2 saturated heterocycles. The second-order valence-corrected chi connectivity index (χ2v) is 8.41. The van der Waals surface area contributed by atoms with Crippen LogP contribution in [-0.4, -0.2) is 70.9 Å². The number of hydrogen-bond acceptors (Lipinski definition) is 8. The van der Waals surface area contributed by atoms with E-state index in [2.05, 4.69) is 20.3 Å². The molecule has 0 radical (unpaired) electrons. The number of anilines is 2. The number of nitriles is 1. The number of H-pyrrole nitrogens is 1. The number of nitrogens with one attached hydrogen (secondary N) is 2. The number of aromatic nitrogens is 3. The molecule has 2 aliphatic heterocycles. The molecule has 13 heteroatoms. The maximum absolute atomic E-state index is 13.2. The number of alkyl halides is 3. The lowest BCUT2D eigenvalue weighted by Crippen LogP contribution is -2.49. The summed E-state index contributed by atoms with van der Waals surface area (Å²) in [4.78, 5) is 32.4. The summed E-state index contributed by atoms with van der Waals surface area (Å²) in [6, 6.07) is 5.53. The van der Waals surface area contributed by atoms with Crippen LogP contribution < -0.4 is 15.8 Å². The zero-order valence-electron chi connectivity index (χ0n) is 18.7. The van der Waals surface area contributed by atoms with Crippen molar-refractivity contribution in [1.82, 2.24) is 20.1 Å². The van der Waals surface area contributed by atoms with E-state index in [0.717, 1.165) is 12.0 Å². The Bertz CT molecular complexity index is 1140. The minimum absolute atomic E-state index is 0.0332. The quantitative estimate of drug-likeness (QED) is 0.626. The van der Waals surface area contributed by atoms with Crippen LogP contribution >= 0.6 is 0 Å². The van der Waals surface area contributed by atoms with Crippen molar-refractivity contribution in [2.75, 3.05) is 42.9 Å². The Hall–Kier alpha value is -3.66. The number of halogens is 3. The first-order chi connectivity index (χ1) is 16.7. The molecule has 0 aromatic carbocycles. The molecular weight excluding hydrogens is 467 g/mol. The Morgan fingerprint density at radius 1 is 1.20 bits per heavy atom. The summed E-state index contributed by atoms with van der Waals surface area (Å²) >= 11 is 0. The SMILES string of the molecule is N#Cc1ccc(N2CCN(C(=O)C[C@@H]3CC[C@H](CNc4cn[nH]c(=O)c4C(F)(F)F)O3)CC2)nc1. The summed E-state index contributed by atoms with van der Waals surface area (Å²) in [6.45, 7) is 2.38. The highest BCUT2D eigenvalue weighted by Gasteiger charge is 2.38. The Kier molecular flexibility index (Phi) is 7.20. The van der Waals surface area contributed by atoms with Gasteiger partial charge in [-0.2, -0.15) is 23.5 Å². The highest BCUT2D eigenvalue weighted by molar-refractivity contribution is 5.77. The third-order valence-electron chi connectivity index (χ3n) is 6.09. The van der Waals surface area contributed by atoms with E-state index in [4.69, 9.17) is 10.00 Å². The van der Waals surface area contributed by atoms with Crippen molar-refractivity contribution < 1.29 is 22.7 Å². The van der Waals surface area contributed by atoms with Crippen molar-refractivity contribution in [3.63, 3.8) is 0 Å². The topological polar surface area (TPSA) is 127 Å². The van der Waals surface area contributed by atoms with E-state index in [-0.39, 0.29) is 31.1 Å². The summed E-state index contributed by atoms with van der Waals surface area (Å²) < 4.78 is 45.4. The largest absolute Gasteiger partial charge is 0.423 e. The second-order valence-electron chi connectivity index (χ2n) is 8.41. The lowest BCUT2D eigenvalue weighted by Gasteiger charge is -2.35. The molecule has 2 atom stereocenters. The van der Waals surface area contributed by atoms with Gasteiger partial charge < -0.3 is 19.9 Å². The minimum Gasteiger partial charge on any atom is -0.380 e. The third kappa shape index (κ3) is 5.89. The number of nitrogens with zero attached hydrogens (tertiary/aromatic N) is 5. The lowest BCUT2D eigenvalue weighted by atomic mass is 10.1. The highest BCUT2D eigenvalue weighted by atomic mass is 19.4. The Morgan fingerprint density at radius 2 is 1.94 bits per heavy atom. The molecule has 4 rings (SSSR count). The number of amides is 1. The van der Waals surface area contributed by atoms with Crippen molar-refractivity contribution in [2.24, 2.45) is 0 Å². The summed E-state index contributed by atoms with van der Waals surface area (Å²) in [5.74, 6) is 0.726. The molecule has 1 amide bonds. The van der Waals surface area contributed by atoms with E-state index in [1.165, 1.54) is 6.20 Å². The zero-order chi connectivity index (χ0) is 25.0. The fourth-order valence-corrected chi connectivity index (χ4v) is 4.27. The minimum atomic E-state index is -4.81. The number of carbonyl (C=O) groups is 1. The van der Waals surface area contributed by atoms with E-state index in [9.17, 15) is 22.8 Å². The molecule has 10 nitrogen and oxygen atoms in total. The van der Waals surface area contributed by atoms with Crippen molar-refractivity contribution in [3.8, 4) is 6.07 Å². The van der Waals surface area contributed by atoms with Crippen molar-refractivity contribution in [1.29, 1.82) is 5.26 Å². The monoisotopic (exact) mass is 491 g/mol. The number of aromatic amines is 1. The predicted octanol–water partition coefficient (Wildman–Crippen LogP) is 1.75. The molecule has 2 N–H and O–H groups in total. The van der Waals surface area contributed by atoms with Gasteiger partial charge >= 0.3 is 6.18 Å². The van der Waals surface area contributed by atoms with Crippen LogP contribution in [0.3, 0.4) is 0 Å². The maximum atomic E-state index is 13.2. The summed E-state index contributed by atoms with van der Waals surface area (Å²) in [6.07, 6.45) is -1.66. The van der Waals surface area contributed by atoms with Crippen LogP contribution in [0.25, 0.3) is 0 Å². The predicted molar refractivity (Wildman–Crippen MR) is 119 cm³/mol. The van der Waals surface area contributed by atoms with Crippen LogP contribution in [0.5, 0.6) is 0 Å². The zero-order valence-corrected chi connectivity index (χ0v) is 18.7. The number of hydrogen-bond donors (Lipinski definition) is 2. The van der Waals surface area contributed by atoms with E-state index < -0.39 is 23.0 Å². The van der Waals surface area contributed by atoms with Crippen LogP contribution in [0.4, 0.5) is 24.7 Å². The second kappa shape index (κ2) is 10.3. The molecular formula is C22H24F3N7O3. The number of carbonyl (C=O) groups excluding carboxylic acids is 1. The van der Waals surface area contributed by atoms with E-state index in [1.807, 2.05) is 6.07 Å². The number of rotatable bonds is 6. The van der Waals surface area contributed by atoms with Gasteiger partial charge in [-0.05, 0) is 25.0 Å². The molecule has 35 heavy (non-hydrogen) atoms. The van der Waals surface area contributed by atoms with Gasteiger partial charge in [0.2, 0.25) is 5.91 Å². The van der Waals surface area contributed by atoms with E-state index in [1.54, 1.807) is 22.1 Å². The van der Waals surface area contributed by atoms with E-state index >= 15 is 0 Å². The Morgan fingerprint density at radius 3 is 2.60 bits per heavy atom. The lowest BCUT2D eigenvalue weighted by molar-refractivity contribution is -0.138. The van der Waals surface area contributed by atoms with Gasteiger partial charge in [-0.3, -0.25) is 9.59 Å². The molecule has 0 spiro atoms. The molecule has 0 unspecified atom stereocenters. The molecule has 2 aromatic heterocycles. The first-order valence-corrected chi connectivity index (χ1v) is 11.2. The molecule has 2 aromatic rings. The average molecular weight is 491 g/mol. The number of pyridine rings is 1. The fourth-order valence-electron chi connectivity index (χ4n) is 4.27. The van der Waals surface area contributed by atoms with Gasteiger partial charge in [-0.25, -0.2) is 10.1 Å². The summed E-state index contributed by atoms with van der Waals surface area (Å²) in [5.41, 5.74) is -2.55. The van der Waals surface area contributed by atoms with Crippen LogP contribution in [0.1, 0.15) is 30.4 Å². The van der Waals surface area contributed by atoms with Gasteiger partial charge in [0.15, 0.2) is 0 Å². The molecule has 186 valence electrons. The van der Waals surface area contributed by atoms with Crippen molar-refractivity contribution in [2.45, 2.75) is 37.6 Å². The van der Waals surface area contributed by atoms with Gasteiger partial charge in [0.05, 0.1) is 36.1 Å². The summed E-state index contributed by atoms with van der Waals surface area (Å²) in [5, 5.41) is 16.7. The van der Waals surface area contributed by atoms with Crippen LogP contribution in [-0.2, 0) is 15.7 Å².